The summed E-state index contributed by atoms with van der Waals surface area (Å²) in [6.07, 6.45) is 0.839. The molecular weight excluding hydrogens is 310 g/mol. The summed E-state index contributed by atoms with van der Waals surface area (Å²) in [5, 5.41) is 11.1. The molecule has 0 aromatic heterocycles. The van der Waals surface area contributed by atoms with Crippen LogP contribution < -0.4 is 4.90 Å². The number of hydrogen-bond donors (Lipinski definition) is 0. The number of nitro groups is 1. The SMILES string of the molecule is CN(CCN1CCOCC1)c1ccc([N+](=O)[O-])cc1C(C)(C)C=O. The Bertz CT molecular complexity index is 597. The largest absolute Gasteiger partial charge is 0.379 e. The highest BCUT2D eigenvalue weighted by atomic mass is 16.6. The molecule has 0 radical (unpaired) electrons. The van der Waals surface area contributed by atoms with Gasteiger partial charge in [0, 0.05) is 56.5 Å². The highest BCUT2D eigenvalue weighted by Crippen LogP contribution is 2.33. The normalized spacial score (nSPS) is 16.0. The van der Waals surface area contributed by atoms with Gasteiger partial charge < -0.3 is 14.4 Å². The van der Waals surface area contributed by atoms with Crippen LogP contribution in [0.2, 0.25) is 0 Å². The first kappa shape index (κ1) is 18.4. The van der Waals surface area contributed by atoms with Crippen molar-refractivity contribution in [1.29, 1.82) is 0 Å². The van der Waals surface area contributed by atoms with E-state index in [1.807, 2.05) is 7.05 Å². The molecule has 0 bridgehead atoms. The predicted octanol–water partition coefficient (Wildman–Crippen LogP) is 1.84. The van der Waals surface area contributed by atoms with Crippen LogP contribution >= 0.6 is 0 Å². The summed E-state index contributed by atoms with van der Waals surface area (Å²) in [6, 6.07) is 4.73. The van der Waals surface area contributed by atoms with Crippen molar-refractivity contribution in [2.75, 3.05) is 51.3 Å². The summed E-state index contributed by atoms with van der Waals surface area (Å²) in [6.45, 7) is 8.56. The third-order valence-corrected chi connectivity index (χ3v) is 4.45. The van der Waals surface area contributed by atoms with Crippen molar-refractivity contribution in [2.45, 2.75) is 19.3 Å². The molecular formula is C17H25N3O4. The van der Waals surface area contributed by atoms with Gasteiger partial charge in [-0.15, -0.1) is 0 Å². The van der Waals surface area contributed by atoms with Gasteiger partial charge in [0.25, 0.3) is 5.69 Å². The van der Waals surface area contributed by atoms with Gasteiger partial charge in [-0.2, -0.15) is 0 Å². The van der Waals surface area contributed by atoms with Gasteiger partial charge in [-0.3, -0.25) is 15.0 Å². The summed E-state index contributed by atoms with van der Waals surface area (Å²) in [4.78, 5) is 26.5. The molecule has 1 fully saturated rings. The monoisotopic (exact) mass is 335 g/mol. The lowest BCUT2D eigenvalue weighted by Gasteiger charge is -2.31. The molecule has 0 spiro atoms. The van der Waals surface area contributed by atoms with Gasteiger partial charge in [0.2, 0.25) is 0 Å². The van der Waals surface area contributed by atoms with Crippen molar-refractivity contribution in [1.82, 2.24) is 4.90 Å². The van der Waals surface area contributed by atoms with E-state index in [-0.39, 0.29) is 5.69 Å². The second-order valence-corrected chi connectivity index (χ2v) is 6.67. The number of nitro benzene ring substituents is 1. The van der Waals surface area contributed by atoms with Gasteiger partial charge in [-0.05, 0) is 25.5 Å². The van der Waals surface area contributed by atoms with Crippen LogP contribution in [0, 0.1) is 10.1 Å². The van der Waals surface area contributed by atoms with Gasteiger partial charge in [-0.1, -0.05) is 0 Å². The molecule has 0 aliphatic carbocycles. The Labute approximate surface area is 142 Å². The van der Waals surface area contributed by atoms with Crippen LogP contribution in [0.15, 0.2) is 18.2 Å². The van der Waals surface area contributed by atoms with Gasteiger partial charge in [0.1, 0.15) is 6.29 Å². The number of anilines is 1. The number of nitrogens with zero attached hydrogens (tertiary/aromatic N) is 3. The lowest BCUT2D eigenvalue weighted by Crippen LogP contribution is -2.41. The van der Waals surface area contributed by atoms with Crippen LogP contribution in [-0.4, -0.2) is 62.5 Å². The maximum absolute atomic E-state index is 11.5. The van der Waals surface area contributed by atoms with Gasteiger partial charge in [0.15, 0.2) is 0 Å². The second kappa shape index (κ2) is 7.72. The zero-order valence-corrected chi connectivity index (χ0v) is 14.5. The van der Waals surface area contributed by atoms with Gasteiger partial charge in [0.05, 0.1) is 18.1 Å². The zero-order valence-electron chi connectivity index (χ0n) is 14.5. The minimum absolute atomic E-state index is 0.00487. The van der Waals surface area contributed by atoms with E-state index in [4.69, 9.17) is 4.74 Å². The molecule has 0 N–H and O–H groups in total. The summed E-state index contributed by atoms with van der Waals surface area (Å²) >= 11 is 0. The molecule has 7 heteroatoms. The molecule has 132 valence electrons. The number of rotatable bonds is 7. The molecule has 1 aromatic carbocycles. The third kappa shape index (κ3) is 4.30. The van der Waals surface area contributed by atoms with Crippen molar-refractivity contribution in [3.8, 4) is 0 Å². The molecule has 0 saturated carbocycles. The maximum Gasteiger partial charge on any atom is 0.269 e. The van der Waals surface area contributed by atoms with Crippen LogP contribution in [-0.2, 0) is 14.9 Å². The summed E-state index contributed by atoms with van der Waals surface area (Å²) < 4.78 is 5.35. The molecule has 2 rings (SSSR count). The first-order chi connectivity index (χ1) is 11.3. The summed E-state index contributed by atoms with van der Waals surface area (Å²) in [5.41, 5.74) is 0.751. The first-order valence-electron chi connectivity index (χ1n) is 8.11. The molecule has 24 heavy (non-hydrogen) atoms. The van der Waals surface area contributed by atoms with E-state index in [0.717, 1.165) is 51.4 Å². The number of ether oxygens (including phenoxy) is 1. The molecule has 1 aliphatic heterocycles. The number of likely N-dealkylation sites (N-methyl/N-ethyl adjacent to an activating group) is 1. The number of carbonyl (C=O) groups is 1. The Balaban J connectivity index is 2.20. The first-order valence-corrected chi connectivity index (χ1v) is 8.11. The fraction of sp³-hybridized carbons (Fsp3) is 0.588. The molecule has 0 unspecified atom stereocenters. The highest BCUT2D eigenvalue weighted by Gasteiger charge is 2.27. The van der Waals surface area contributed by atoms with E-state index < -0.39 is 10.3 Å². The second-order valence-electron chi connectivity index (χ2n) is 6.67. The Morgan fingerprint density at radius 3 is 2.62 bits per heavy atom. The molecule has 1 saturated heterocycles. The van der Waals surface area contributed by atoms with Crippen molar-refractivity contribution < 1.29 is 14.5 Å². The standard InChI is InChI=1S/C17H25N3O4/c1-17(2,13-21)15-12-14(20(22)23)4-5-16(15)18(3)6-7-19-8-10-24-11-9-19/h4-5,12-13H,6-11H2,1-3H3. The fourth-order valence-corrected chi connectivity index (χ4v) is 2.79. The molecule has 0 atom stereocenters. The Morgan fingerprint density at radius 2 is 2.04 bits per heavy atom. The molecule has 7 nitrogen and oxygen atoms in total. The number of benzene rings is 1. The number of hydrogen-bond acceptors (Lipinski definition) is 6. The number of carbonyl (C=O) groups excluding carboxylic acids is 1. The molecule has 1 aliphatic rings. The summed E-state index contributed by atoms with van der Waals surface area (Å²) in [7, 11) is 1.95. The smallest absolute Gasteiger partial charge is 0.269 e. The van der Waals surface area contributed by atoms with Crippen LogP contribution in [0.4, 0.5) is 11.4 Å². The highest BCUT2D eigenvalue weighted by molar-refractivity contribution is 5.74. The van der Waals surface area contributed by atoms with Crippen LogP contribution in [0.1, 0.15) is 19.4 Å². The predicted molar refractivity (Wildman–Crippen MR) is 92.7 cm³/mol. The van der Waals surface area contributed by atoms with Crippen LogP contribution in [0.5, 0.6) is 0 Å². The molecule has 1 heterocycles. The van der Waals surface area contributed by atoms with Crippen LogP contribution in [0.25, 0.3) is 0 Å². The zero-order chi connectivity index (χ0) is 17.7. The van der Waals surface area contributed by atoms with E-state index in [0.29, 0.717) is 5.56 Å². The van der Waals surface area contributed by atoms with Crippen molar-refractivity contribution in [2.24, 2.45) is 0 Å². The number of non-ortho nitro benzene ring substituents is 1. The number of aldehydes is 1. The topological polar surface area (TPSA) is 75.9 Å². The van der Waals surface area contributed by atoms with E-state index >= 15 is 0 Å². The van der Waals surface area contributed by atoms with Crippen molar-refractivity contribution in [3.05, 3.63) is 33.9 Å². The van der Waals surface area contributed by atoms with E-state index in [9.17, 15) is 14.9 Å². The average Bonchev–Trinajstić information content (AvgIpc) is 2.60. The van der Waals surface area contributed by atoms with E-state index in [1.165, 1.54) is 12.1 Å². The van der Waals surface area contributed by atoms with Gasteiger partial charge >= 0.3 is 0 Å². The summed E-state index contributed by atoms with van der Waals surface area (Å²) in [5.74, 6) is 0. The maximum atomic E-state index is 11.5. The average molecular weight is 335 g/mol. The third-order valence-electron chi connectivity index (χ3n) is 4.45. The Kier molecular flexibility index (Phi) is 5.90. The number of morpholine rings is 1. The van der Waals surface area contributed by atoms with Crippen molar-refractivity contribution in [3.63, 3.8) is 0 Å². The van der Waals surface area contributed by atoms with E-state index in [2.05, 4.69) is 9.80 Å². The Morgan fingerprint density at radius 1 is 1.38 bits per heavy atom. The van der Waals surface area contributed by atoms with Crippen molar-refractivity contribution >= 4 is 17.7 Å². The molecule has 0 amide bonds. The molecule has 1 aromatic rings. The lowest BCUT2D eigenvalue weighted by atomic mass is 9.84. The van der Waals surface area contributed by atoms with Crippen LogP contribution in [0.3, 0.4) is 0 Å². The minimum atomic E-state index is -0.783. The fourth-order valence-electron chi connectivity index (χ4n) is 2.79. The van der Waals surface area contributed by atoms with Gasteiger partial charge in [-0.25, -0.2) is 0 Å². The lowest BCUT2D eigenvalue weighted by molar-refractivity contribution is -0.384. The van der Waals surface area contributed by atoms with E-state index in [1.54, 1.807) is 19.9 Å². The quantitative estimate of drug-likeness (QED) is 0.430. The Hall–Kier alpha value is -1.99. The minimum Gasteiger partial charge on any atom is -0.379 e.